The maximum Gasteiger partial charge on any atom is 0.150 e. The second kappa shape index (κ2) is 4.35. The molecular formula is C14H19NO2S. The van der Waals surface area contributed by atoms with Crippen molar-refractivity contribution in [1.82, 2.24) is 0 Å². The monoisotopic (exact) mass is 265 g/mol. The van der Waals surface area contributed by atoms with Gasteiger partial charge in [0.05, 0.1) is 11.5 Å². The molecule has 18 heavy (non-hydrogen) atoms. The van der Waals surface area contributed by atoms with Gasteiger partial charge in [-0.25, -0.2) is 8.42 Å². The van der Waals surface area contributed by atoms with Crippen LogP contribution in [0.4, 0.5) is 0 Å². The van der Waals surface area contributed by atoms with Crippen LogP contribution in [0.5, 0.6) is 0 Å². The third kappa shape index (κ3) is 2.19. The number of sulfone groups is 1. The Bertz CT molecular complexity index is 565. The molecule has 1 aromatic carbocycles. The maximum absolute atomic E-state index is 11.5. The molecule has 0 amide bonds. The highest BCUT2D eigenvalue weighted by Crippen LogP contribution is 2.32. The summed E-state index contributed by atoms with van der Waals surface area (Å²) < 4.78 is 23.0. The second-order valence-corrected chi connectivity index (χ2v) is 7.80. The SMILES string of the molecule is NC(c1ccc2c(c1)CCC2)C1CCS(=O)(=O)C1. The predicted molar refractivity (Wildman–Crippen MR) is 72.2 cm³/mol. The summed E-state index contributed by atoms with van der Waals surface area (Å²) in [4.78, 5) is 0. The smallest absolute Gasteiger partial charge is 0.150 e. The molecule has 1 aliphatic carbocycles. The van der Waals surface area contributed by atoms with Gasteiger partial charge in [0.1, 0.15) is 0 Å². The molecule has 0 saturated carbocycles. The van der Waals surface area contributed by atoms with E-state index in [-0.39, 0.29) is 17.7 Å². The predicted octanol–water partition coefficient (Wildman–Crippen LogP) is 1.61. The Morgan fingerprint density at radius 3 is 2.72 bits per heavy atom. The molecule has 1 aliphatic heterocycles. The minimum absolute atomic E-state index is 0.0921. The molecular weight excluding hydrogens is 246 g/mol. The lowest BCUT2D eigenvalue weighted by Gasteiger charge is -2.19. The fourth-order valence-electron chi connectivity index (χ4n) is 3.18. The van der Waals surface area contributed by atoms with Gasteiger partial charge in [-0.1, -0.05) is 18.2 Å². The van der Waals surface area contributed by atoms with Crippen LogP contribution < -0.4 is 5.73 Å². The molecule has 0 aromatic heterocycles. The number of aryl methyl sites for hydroxylation is 2. The van der Waals surface area contributed by atoms with E-state index in [2.05, 4.69) is 18.2 Å². The summed E-state index contributed by atoms with van der Waals surface area (Å²) in [5, 5.41) is 0. The molecule has 0 bridgehead atoms. The first kappa shape index (κ1) is 12.2. The number of benzene rings is 1. The molecule has 98 valence electrons. The minimum atomic E-state index is -2.84. The van der Waals surface area contributed by atoms with Crippen molar-refractivity contribution in [3.05, 3.63) is 34.9 Å². The van der Waals surface area contributed by atoms with Gasteiger partial charge in [0, 0.05) is 6.04 Å². The Morgan fingerprint density at radius 1 is 1.22 bits per heavy atom. The van der Waals surface area contributed by atoms with Gasteiger partial charge in [-0.05, 0) is 48.3 Å². The van der Waals surface area contributed by atoms with Crippen molar-refractivity contribution < 1.29 is 8.42 Å². The van der Waals surface area contributed by atoms with E-state index >= 15 is 0 Å². The number of hydrogen-bond acceptors (Lipinski definition) is 3. The van der Waals surface area contributed by atoms with Gasteiger partial charge in [-0.3, -0.25) is 0 Å². The van der Waals surface area contributed by atoms with Crippen molar-refractivity contribution >= 4 is 9.84 Å². The van der Waals surface area contributed by atoms with Crippen LogP contribution in [0.2, 0.25) is 0 Å². The molecule has 4 heteroatoms. The van der Waals surface area contributed by atoms with Gasteiger partial charge in [0.25, 0.3) is 0 Å². The third-order valence-corrected chi connectivity index (χ3v) is 6.08. The molecule has 3 nitrogen and oxygen atoms in total. The van der Waals surface area contributed by atoms with Crippen molar-refractivity contribution in [3.63, 3.8) is 0 Å². The van der Waals surface area contributed by atoms with Crippen LogP contribution in [0.1, 0.15) is 35.6 Å². The highest BCUT2D eigenvalue weighted by atomic mass is 32.2. The molecule has 1 aromatic rings. The quantitative estimate of drug-likeness (QED) is 0.883. The fraction of sp³-hybridized carbons (Fsp3) is 0.571. The lowest BCUT2D eigenvalue weighted by Crippen LogP contribution is -2.22. The number of nitrogens with two attached hydrogens (primary N) is 1. The van der Waals surface area contributed by atoms with Crippen molar-refractivity contribution in [2.24, 2.45) is 11.7 Å². The Balaban J connectivity index is 1.83. The Hall–Kier alpha value is -0.870. The Labute approximate surface area is 108 Å². The first-order chi connectivity index (χ1) is 8.55. The van der Waals surface area contributed by atoms with Gasteiger partial charge < -0.3 is 5.73 Å². The molecule has 2 N–H and O–H groups in total. The van der Waals surface area contributed by atoms with Crippen LogP contribution in [0.25, 0.3) is 0 Å². The van der Waals surface area contributed by atoms with Crippen molar-refractivity contribution in [3.8, 4) is 0 Å². The molecule has 2 unspecified atom stereocenters. The molecule has 1 heterocycles. The third-order valence-electron chi connectivity index (χ3n) is 4.28. The van der Waals surface area contributed by atoms with E-state index in [1.165, 1.54) is 24.0 Å². The van der Waals surface area contributed by atoms with Crippen LogP contribution in [-0.4, -0.2) is 19.9 Å². The molecule has 1 fully saturated rings. The summed E-state index contributed by atoms with van der Waals surface area (Å²) in [5.74, 6) is 0.649. The molecule has 0 radical (unpaired) electrons. The molecule has 0 spiro atoms. The van der Waals surface area contributed by atoms with E-state index in [4.69, 9.17) is 5.73 Å². The normalized spacial score (nSPS) is 27.1. The van der Waals surface area contributed by atoms with Gasteiger partial charge in [-0.15, -0.1) is 0 Å². The van der Waals surface area contributed by atoms with Crippen LogP contribution in [-0.2, 0) is 22.7 Å². The number of hydrogen-bond donors (Lipinski definition) is 1. The summed E-state index contributed by atoms with van der Waals surface area (Å²) in [6, 6.07) is 6.31. The average molecular weight is 265 g/mol. The van der Waals surface area contributed by atoms with E-state index in [1.54, 1.807) is 0 Å². The lowest BCUT2D eigenvalue weighted by atomic mass is 9.91. The van der Waals surface area contributed by atoms with Gasteiger partial charge >= 0.3 is 0 Å². The zero-order valence-electron chi connectivity index (χ0n) is 10.4. The topological polar surface area (TPSA) is 60.2 Å². The highest BCUT2D eigenvalue weighted by Gasteiger charge is 2.32. The van der Waals surface area contributed by atoms with Gasteiger partial charge in [0.15, 0.2) is 9.84 Å². The van der Waals surface area contributed by atoms with E-state index in [0.717, 1.165) is 12.0 Å². The largest absolute Gasteiger partial charge is 0.324 e. The zero-order chi connectivity index (χ0) is 12.8. The first-order valence-corrected chi connectivity index (χ1v) is 8.45. The average Bonchev–Trinajstić information content (AvgIpc) is 2.93. The standard InChI is InChI=1S/C14H19NO2S/c15-14(13-6-7-18(16,17)9-13)12-5-4-10-2-1-3-11(10)8-12/h4-5,8,13-14H,1-3,6-7,9,15H2. The highest BCUT2D eigenvalue weighted by molar-refractivity contribution is 7.91. The van der Waals surface area contributed by atoms with Crippen LogP contribution >= 0.6 is 0 Å². The van der Waals surface area contributed by atoms with Crippen molar-refractivity contribution in [2.75, 3.05) is 11.5 Å². The fourth-order valence-corrected chi connectivity index (χ4v) is 5.03. The Kier molecular flexibility index (Phi) is 2.94. The number of fused-ring (bicyclic) bond motifs is 1. The van der Waals surface area contributed by atoms with Crippen molar-refractivity contribution in [1.29, 1.82) is 0 Å². The van der Waals surface area contributed by atoms with Crippen LogP contribution in [0.15, 0.2) is 18.2 Å². The molecule has 2 aliphatic rings. The molecule has 3 rings (SSSR count). The van der Waals surface area contributed by atoms with Gasteiger partial charge in [-0.2, -0.15) is 0 Å². The zero-order valence-corrected chi connectivity index (χ0v) is 11.2. The number of rotatable bonds is 2. The molecule has 2 atom stereocenters. The lowest BCUT2D eigenvalue weighted by molar-refractivity contribution is 0.479. The summed E-state index contributed by atoms with van der Waals surface area (Å²) in [6.07, 6.45) is 4.24. The first-order valence-electron chi connectivity index (χ1n) is 6.63. The van der Waals surface area contributed by atoms with E-state index in [0.29, 0.717) is 12.2 Å². The van der Waals surface area contributed by atoms with Crippen LogP contribution in [0.3, 0.4) is 0 Å². The maximum atomic E-state index is 11.5. The van der Waals surface area contributed by atoms with Gasteiger partial charge in [0.2, 0.25) is 0 Å². The van der Waals surface area contributed by atoms with E-state index in [1.807, 2.05) is 0 Å². The van der Waals surface area contributed by atoms with E-state index in [9.17, 15) is 8.42 Å². The summed E-state index contributed by atoms with van der Waals surface area (Å²) >= 11 is 0. The van der Waals surface area contributed by atoms with Crippen LogP contribution in [0, 0.1) is 5.92 Å². The second-order valence-electron chi connectivity index (χ2n) is 5.57. The summed E-state index contributed by atoms with van der Waals surface area (Å²) in [5.41, 5.74) is 10.2. The molecule has 1 saturated heterocycles. The summed E-state index contributed by atoms with van der Waals surface area (Å²) in [6.45, 7) is 0. The summed E-state index contributed by atoms with van der Waals surface area (Å²) in [7, 11) is -2.84. The minimum Gasteiger partial charge on any atom is -0.324 e. The Morgan fingerprint density at radius 2 is 2.00 bits per heavy atom. The van der Waals surface area contributed by atoms with E-state index < -0.39 is 9.84 Å². The van der Waals surface area contributed by atoms with Crippen molar-refractivity contribution in [2.45, 2.75) is 31.7 Å².